The average Bonchev–Trinajstić information content (AvgIpc) is 2.87. The summed E-state index contributed by atoms with van der Waals surface area (Å²) in [6.07, 6.45) is 10.1. The summed E-state index contributed by atoms with van der Waals surface area (Å²) in [6, 6.07) is 13.6. The van der Waals surface area contributed by atoms with Crippen molar-refractivity contribution >= 4 is 24.1 Å². The van der Waals surface area contributed by atoms with Crippen molar-refractivity contribution in [3.63, 3.8) is 0 Å². The smallest absolute Gasteiger partial charge is 0.309 e. The number of carboxylic acid groups (broad SMARTS) is 2. The van der Waals surface area contributed by atoms with Gasteiger partial charge in [-0.15, -0.1) is 0 Å². The van der Waals surface area contributed by atoms with Crippen LogP contribution in [0.25, 0.3) is 12.2 Å². The van der Waals surface area contributed by atoms with Gasteiger partial charge in [-0.25, -0.2) is 0 Å². The van der Waals surface area contributed by atoms with Gasteiger partial charge < -0.3 is 24.4 Å². The summed E-state index contributed by atoms with van der Waals surface area (Å²) >= 11 is 0. The first-order valence-corrected chi connectivity index (χ1v) is 12.9. The molecule has 0 bridgehead atoms. The second kappa shape index (κ2) is 15.6. The van der Waals surface area contributed by atoms with Gasteiger partial charge in [0.15, 0.2) is 0 Å². The molecule has 2 aromatic rings. The molecule has 0 aliphatic rings. The second-order valence-electron chi connectivity index (χ2n) is 9.75. The molecule has 0 saturated carbocycles. The highest BCUT2D eigenvalue weighted by Crippen LogP contribution is 2.26. The Morgan fingerprint density at radius 3 is 2.03 bits per heavy atom. The van der Waals surface area contributed by atoms with E-state index in [9.17, 15) is 14.7 Å². The van der Waals surface area contributed by atoms with E-state index in [1.165, 1.54) is 0 Å². The molecule has 37 heavy (non-hydrogen) atoms. The minimum absolute atomic E-state index is 0.249. The maximum Gasteiger partial charge on any atom is 0.309 e. The van der Waals surface area contributed by atoms with Gasteiger partial charge in [-0.1, -0.05) is 43.5 Å². The van der Waals surface area contributed by atoms with E-state index in [4.69, 9.17) is 19.3 Å². The van der Waals surface area contributed by atoms with Gasteiger partial charge >= 0.3 is 11.9 Å². The Balaban J connectivity index is 1.81. The third-order valence-corrected chi connectivity index (χ3v) is 6.08. The zero-order valence-electron chi connectivity index (χ0n) is 22.2. The van der Waals surface area contributed by atoms with Crippen LogP contribution in [0.15, 0.2) is 42.5 Å². The van der Waals surface area contributed by atoms with Gasteiger partial charge in [-0.2, -0.15) is 0 Å². The van der Waals surface area contributed by atoms with Crippen molar-refractivity contribution in [1.82, 2.24) is 0 Å². The van der Waals surface area contributed by atoms with E-state index >= 15 is 0 Å². The van der Waals surface area contributed by atoms with Crippen molar-refractivity contribution in [2.24, 2.45) is 5.41 Å². The van der Waals surface area contributed by atoms with E-state index in [0.717, 1.165) is 49.0 Å². The summed E-state index contributed by atoms with van der Waals surface area (Å²) in [6.45, 7) is 4.52. The highest BCUT2D eigenvalue weighted by molar-refractivity contribution is 5.73. The van der Waals surface area contributed by atoms with Crippen molar-refractivity contribution in [3.05, 3.63) is 53.6 Å². The summed E-state index contributed by atoms with van der Waals surface area (Å²) < 4.78 is 17.1. The first-order chi connectivity index (χ1) is 17.7. The van der Waals surface area contributed by atoms with Crippen molar-refractivity contribution in [2.75, 3.05) is 20.3 Å². The number of benzene rings is 2. The molecule has 0 heterocycles. The lowest BCUT2D eigenvalue weighted by atomic mass is 9.88. The van der Waals surface area contributed by atoms with Crippen LogP contribution in [0.4, 0.5) is 0 Å². The third kappa shape index (κ3) is 11.9. The zero-order chi connectivity index (χ0) is 27.1. The third-order valence-electron chi connectivity index (χ3n) is 6.08. The average molecular weight is 513 g/mol. The summed E-state index contributed by atoms with van der Waals surface area (Å²) in [5.41, 5.74) is 1.20. The summed E-state index contributed by atoms with van der Waals surface area (Å²) in [4.78, 5) is 21.8. The zero-order valence-corrected chi connectivity index (χ0v) is 22.2. The fraction of sp³-hybridized carbons (Fsp3) is 0.467. The number of carboxylic acids is 2. The number of carbonyl (C=O) groups is 2. The molecule has 0 saturated heterocycles. The van der Waals surface area contributed by atoms with Crippen LogP contribution in [0.5, 0.6) is 17.2 Å². The topological polar surface area (TPSA) is 102 Å². The van der Waals surface area contributed by atoms with Crippen LogP contribution in [0.2, 0.25) is 0 Å². The van der Waals surface area contributed by atoms with Crippen molar-refractivity contribution < 1.29 is 34.0 Å². The second-order valence-corrected chi connectivity index (χ2v) is 9.75. The molecule has 0 aliphatic heterocycles. The van der Waals surface area contributed by atoms with Gasteiger partial charge in [-0.3, -0.25) is 9.59 Å². The van der Waals surface area contributed by atoms with Gasteiger partial charge in [0.1, 0.15) is 17.2 Å². The van der Waals surface area contributed by atoms with Gasteiger partial charge in [0.2, 0.25) is 0 Å². The molecule has 0 fully saturated rings. The highest BCUT2D eigenvalue weighted by Gasteiger charge is 2.26. The van der Waals surface area contributed by atoms with E-state index in [1.54, 1.807) is 21.0 Å². The van der Waals surface area contributed by atoms with E-state index in [1.807, 2.05) is 54.6 Å². The fourth-order valence-electron chi connectivity index (χ4n) is 3.67. The number of unbranched alkanes of at least 4 members (excludes halogenated alkanes) is 4. The molecule has 2 rings (SSSR count). The fourth-order valence-corrected chi connectivity index (χ4v) is 3.67. The van der Waals surface area contributed by atoms with E-state index in [-0.39, 0.29) is 6.42 Å². The number of hydrogen-bond donors (Lipinski definition) is 2. The lowest BCUT2D eigenvalue weighted by Crippen LogP contribution is -2.24. The molecule has 2 N–H and O–H groups in total. The number of ether oxygens (including phenoxy) is 3. The Labute approximate surface area is 220 Å². The molecule has 2 aromatic carbocycles. The first kappa shape index (κ1) is 29.7. The Kier molecular flexibility index (Phi) is 12.5. The van der Waals surface area contributed by atoms with Crippen LogP contribution in [-0.4, -0.2) is 42.5 Å². The van der Waals surface area contributed by atoms with Crippen LogP contribution in [0.3, 0.4) is 0 Å². The van der Waals surface area contributed by atoms with Gasteiger partial charge in [0, 0.05) is 12.5 Å². The van der Waals surface area contributed by atoms with Crippen molar-refractivity contribution in [3.8, 4) is 17.2 Å². The monoisotopic (exact) mass is 512 g/mol. The molecule has 0 unspecified atom stereocenters. The summed E-state index contributed by atoms with van der Waals surface area (Å²) in [5, 5.41) is 17.9. The molecule has 202 valence electrons. The lowest BCUT2D eigenvalue weighted by Gasteiger charge is -2.18. The minimum atomic E-state index is -0.803. The van der Waals surface area contributed by atoms with Crippen LogP contribution >= 0.6 is 0 Å². The van der Waals surface area contributed by atoms with E-state index < -0.39 is 17.4 Å². The van der Waals surface area contributed by atoms with Crippen LogP contribution in [-0.2, 0) is 9.59 Å². The maximum atomic E-state index is 11.3. The Hall–Kier alpha value is -3.48. The molecule has 0 amide bonds. The number of rotatable bonds is 18. The molecule has 0 atom stereocenters. The lowest BCUT2D eigenvalue weighted by molar-refractivity contribution is -0.147. The maximum absolute atomic E-state index is 11.3. The standard InChI is InChI=1S/C30H40O7/c1-30(2,29(33)34)17-9-19-37-27-21-24(20-26(22-27)35-3)12-11-23-13-15-25(16-14-23)36-18-8-6-4-5-7-10-28(31)32/h11-16,20-22H,4-10,17-19H2,1-3H3,(H,31,32)(H,33,34)/b12-11+. The number of methoxy groups -OCH3 is 1. The molecular weight excluding hydrogens is 472 g/mol. The molecule has 0 radical (unpaired) electrons. The number of aliphatic carboxylic acids is 2. The van der Waals surface area contributed by atoms with Crippen LogP contribution < -0.4 is 14.2 Å². The largest absolute Gasteiger partial charge is 0.497 e. The molecule has 7 nitrogen and oxygen atoms in total. The Morgan fingerprint density at radius 1 is 0.757 bits per heavy atom. The molecule has 7 heteroatoms. The van der Waals surface area contributed by atoms with E-state index in [0.29, 0.717) is 37.6 Å². The molecule has 0 aromatic heterocycles. The van der Waals surface area contributed by atoms with Crippen molar-refractivity contribution in [1.29, 1.82) is 0 Å². The van der Waals surface area contributed by atoms with Gasteiger partial charge in [0.05, 0.1) is 25.7 Å². The summed E-state index contributed by atoms with van der Waals surface area (Å²) in [5.74, 6) is 0.662. The minimum Gasteiger partial charge on any atom is -0.497 e. The Morgan fingerprint density at radius 2 is 1.35 bits per heavy atom. The van der Waals surface area contributed by atoms with Gasteiger partial charge in [0.25, 0.3) is 0 Å². The first-order valence-electron chi connectivity index (χ1n) is 12.9. The van der Waals surface area contributed by atoms with Gasteiger partial charge in [-0.05, 0) is 74.9 Å². The molecular formula is C30H40O7. The Bertz CT molecular complexity index is 1010. The number of hydrogen-bond acceptors (Lipinski definition) is 5. The predicted molar refractivity (Wildman–Crippen MR) is 145 cm³/mol. The highest BCUT2D eigenvalue weighted by atomic mass is 16.5. The van der Waals surface area contributed by atoms with Crippen LogP contribution in [0.1, 0.15) is 76.3 Å². The predicted octanol–water partition coefficient (Wildman–Crippen LogP) is 6.94. The van der Waals surface area contributed by atoms with E-state index in [2.05, 4.69) is 0 Å². The molecule has 0 aliphatic carbocycles. The van der Waals surface area contributed by atoms with Crippen LogP contribution in [0, 0.1) is 5.41 Å². The molecule has 0 spiro atoms. The van der Waals surface area contributed by atoms with Crippen molar-refractivity contribution in [2.45, 2.75) is 65.2 Å². The normalized spacial score (nSPS) is 11.4. The SMILES string of the molecule is COc1cc(/C=C/c2ccc(OCCCCCCCC(=O)O)cc2)cc(OCCCC(C)(C)C(=O)O)c1. The summed E-state index contributed by atoms with van der Waals surface area (Å²) in [7, 11) is 1.61. The quantitative estimate of drug-likeness (QED) is 0.165.